The van der Waals surface area contributed by atoms with Gasteiger partial charge in [0.2, 0.25) is 0 Å². The fourth-order valence-electron chi connectivity index (χ4n) is 1.59. The highest BCUT2D eigenvalue weighted by atomic mass is 16.4. The van der Waals surface area contributed by atoms with E-state index >= 15 is 0 Å². The van der Waals surface area contributed by atoms with E-state index in [2.05, 4.69) is 9.97 Å². The summed E-state index contributed by atoms with van der Waals surface area (Å²) in [6.45, 7) is -1.30. The van der Waals surface area contributed by atoms with E-state index in [1.807, 2.05) is 0 Å². The molecule has 1 heterocycles. The number of hydrogen-bond donors (Lipinski definition) is 7. The average molecular weight is 304 g/mol. The molecule has 0 bridgehead atoms. The third-order valence-corrected chi connectivity index (χ3v) is 2.98. The molecule has 0 amide bonds. The van der Waals surface area contributed by atoms with Crippen LogP contribution in [-0.2, 0) is 6.42 Å². The van der Waals surface area contributed by atoms with Gasteiger partial charge in [0.15, 0.2) is 0 Å². The molecule has 1 aromatic heterocycles. The standard InChI is InChI=1S/C12H20N2O7/c15-4-9(18)8(17)1-6-2-14-7(3-13-6)11(20)12(21)10(19)5-16/h2-3,8-12,15-21H,1,4-5H2/t8-,9-,10-,11-,12+/m0/s1. The SMILES string of the molecule is OC[C@H](O)[C@@H](O)[C@@H](O)c1cnc(C[C@H](O)[C@@H](O)CO)cn1. The summed E-state index contributed by atoms with van der Waals surface area (Å²) < 4.78 is 0. The van der Waals surface area contributed by atoms with E-state index in [9.17, 15) is 25.5 Å². The smallest absolute Gasteiger partial charge is 0.126 e. The van der Waals surface area contributed by atoms with Crippen molar-refractivity contribution < 1.29 is 35.7 Å². The maximum Gasteiger partial charge on any atom is 0.126 e. The average Bonchev–Trinajstić information content (AvgIpc) is 2.52. The van der Waals surface area contributed by atoms with Gasteiger partial charge >= 0.3 is 0 Å². The summed E-state index contributed by atoms with van der Waals surface area (Å²) >= 11 is 0. The summed E-state index contributed by atoms with van der Waals surface area (Å²) in [5, 5.41) is 64.6. The van der Waals surface area contributed by atoms with Gasteiger partial charge in [0.25, 0.3) is 0 Å². The first kappa shape index (κ1) is 17.9. The van der Waals surface area contributed by atoms with Gasteiger partial charge < -0.3 is 35.7 Å². The molecule has 21 heavy (non-hydrogen) atoms. The Morgan fingerprint density at radius 2 is 1.43 bits per heavy atom. The summed E-state index contributed by atoms with van der Waals surface area (Å²) in [5.41, 5.74) is 0.291. The molecule has 0 saturated carbocycles. The molecule has 0 aliphatic heterocycles. The van der Waals surface area contributed by atoms with E-state index in [0.717, 1.165) is 6.20 Å². The van der Waals surface area contributed by atoms with Crippen LogP contribution in [0.2, 0.25) is 0 Å². The lowest BCUT2D eigenvalue weighted by molar-refractivity contribution is -0.0790. The largest absolute Gasteiger partial charge is 0.394 e. The zero-order valence-electron chi connectivity index (χ0n) is 11.2. The molecule has 0 aromatic carbocycles. The molecule has 9 heteroatoms. The first-order valence-electron chi connectivity index (χ1n) is 6.33. The van der Waals surface area contributed by atoms with Crippen LogP contribution in [0, 0.1) is 0 Å². The van der Waals surface area contributed by atoms with Crippen LogP contribution in [0.1, 0.15) is 17.5 Å². The quantitative estimate of drug-likeness (QED) is 0.257. The van der Waals surface area contributed by atoms with Gasteiger partial charge in [-0.25, -0.2) is 0 Å². The van der Waals surface area contributed by atoms with Crippen LogP contribution in [0.4, 0.5) is 0 Å². The molecule has 120 valence electrons. The fraction of sp³-hybridized carbons (Fsp3) is 0.667. The summed E-state index contributed by atoms with van der Waals surface area (Å²) in [6, 6.07) is 0. The molecule has 0 radical (unpaired) electrons. The predicted molar refractivity (Wildman–Crippen MR) is 68.9 cm³/mol. The highest BCUT2D eigenvalue weighted by molar-refractivity contribution is 5.08. The number of aliphatic hydroxyl groups excluding tert-OH is 7. The van der Waals surface area contributed by atoms with E-state index in [1.54, 1.807) is 0 Å². The second-order valence-electron chi connectivity index (χ2n) is 4.64. The molecule has 0 saturated heterocycles. The number of aromatic nitrogens is 2. The summed E-state index contributed by atoms with van der Waals surface area (Å²) in [5.74, 6) is 0. The second kappa shape index (κ2) is 8.29. The van der Waals surface area contributed by atoms with Gasteiger partial charge in [-0.15, -0.1) is 0 Å². The Hall–Kier alpha value is -1.20. The van der Waals surface area contributed by atoms with Gasteiger partial charge in [-0.3, -0.25) is 9.97 Å². The van der Waals surface area contributed by atoms with Gasteiger partial charge in [0.1, 0.15) is 24.4 Å². The van der Waals surface area contributed by atoms with Crippen LogP contribution in [0.5, 0.6) is 0 Å². The monoisotopic (exact) mass is 304 g/mol. The third-order valence-electron chi connectivity index (χ3n) is 2.98. The molecular formula is C12H20N2O7. The Morgan fingerprint density at radius 3 is 1.90 bits per heavy atom. The van der Waals surface area contributed by atoms with Crippen molar-refractivity contribution in [3.05, 3.63) is 23.8 Å². The van der Waals surface area contributed by atoms with E-state index in [0.29, 0.717) is 5.69 Å². The van der Waals surface area contributed by atoms with Gasteiger partial charge in [0.05, 0.1) is 36.9 Å². The first-order chi connectivity index (χ1) is 9.90. The van der Waals surface area contributed by atoms with Gasteiger partial charge in [-0.05, 0) is 0 Å². The maximum atomic E-state index is 9.74. The highest BCUT2D eigenvalue weighted by Crippen LogP contribution is 2.16. The van der Waals surface area contributed by atoms with Gasteiger partial charge in [-0.2, -0.15) is 0 Å². The molecule has 9 nitrogen and oxygen atoms in total. The van der Waals surface area contributed by atoms with E-state index in [-0.39, 0.29) is 12.1 Å². The van der Waals surface area contributed by atoms with Gasteiger partial charge in [0, 0.05) is 12.6 Å². The van der Waals surface area contributed by atoms with Crippen molar-refractivity contribution in [2.75, 3.05) is 13.2 Å². The molecule has 7 N–H and O–H groups in total. The molecular weight excluding hydrogens is 284 g/mol. The van der Waals surface area contributed by atoms with Crippen molar-refractivity contribution in [1.29, 1.82) is 0 Å². The van der Waals surface area contributed by atoms with Gasteiger partial charge in [-0.1, -0.05) is 0 Å². The number of aliphatic hydroxyl groups is 7. The minimum Gasteiger partial charge on any atom is -0.394 e. The zero-order chi connectivity index (χ0) is 16.0. The number of nitrogens with zero attached hydrogens (tertiary/aromatic N) is 2. The number of rotatable bonds is 8. The minimum atomic E-state index is -1.61. The van der Waals surface area contributed by atoms with Crippen molar-refractivity contribution in [2.45, 2.75) is 36.9 Å². The van der Waals surface area contributed by atoms with Crippen molar-refractivity contribution in [3.63, 3.8) is 0 Å². The Balaban J connectivity index is 2.69. The summed E-state index contributed by atoms with van der Waals surface area (Å²) in [7, 11) is 0. The Kier molecular flexibility index (Phi) is 7.05. The van der Waals surface area contributed by atoms with E-state index in [4.69, 9.17) is 10.2 Å². The lowest BCUT2D eigenvalue weighted by Gasteiger charge is -2.21. The maximum absolute atomic E-state index is 9.74. The topological polar surface area (TPSA) is 167 Å². The van der Waals surface area contributed by atoms with Crippen LogP contribution >= 0.6 is 0 Å². The summed E-state index contributed by atoms with van der Waals surface area (Å²) in [6.07, 6.45) is -4.83. The second-order valence-corrected chi connectivity index (χ2v) is 4.64. The lowest BCUT2D eigenvalue weighted by Crippen LogP contribution is -2.35. The Labute approximate surface area is 120 Å². The van der Waals surface area contributed by atoms with Crippen LogP contribution in [0.15, 0.2) is 12.4 Å². The normalized spacial score (nSPS) is 18.8. The first-order valence-corrected chi connectivity index (χ1v) is 6.33. The predicted octanol–water partition coefficient (Wildman–Crippen LogP) is -3.52. The molecule has 0 aliphatic rings. The molecule has 0 fully saturated rings. The molecule has 5 atom stereocenters. The zero-order valence-corrected chi connectivity index (χ0v) is 11.2. The summed E-state index contributed by atoms with van der Waals surface area (Å²) in [4.78, 5) is 7.73. The molecule has 0 unspecified atom stereocenters. The van der Waals surface area contributed by atoms with E-state index < -0.39 is 43.7 Å². The Bertz CT molecular complexity index is 417. The van der Waals surface area contributed by atoms with Crippen LogP contribution in [0.3, 0.4) is 0 Å². The van der Waals surface area contributed by atoms with E-state index in [1.165, 1.54) is 6.20 Å². The van der Waals surface area contributed by atoms with Crippen LogP contribution in [-0.4, -0.2) is 83.3 Å². The number of hydrogen-bond acceptors (Lipinski definition) is 9. The highest BCUT2D eigenvalue weighted by Gasteiger charge is 2.26. The van der Waals surface area contributed by atoms with Crippen molar-refractivity contribution in [2.24, 2.45) is 0 Å². The van der Waals surface area contributed by atoms with Crippen molar-refractivity contribution in [1.82, 2.24) is 9.97 Å². The fourth-order valence-corrected chi connectivity index (χ4v) is 1.59. The van der Waals surface area contributed by atoms with Crippen molar-refractivity contribution >= 4 is 0 Å². The lowest BCUT2D eigenvalue weighted by atomic mass is 10.1. The van der Waals surface area contributed by atoms with Crippen LogP contribution in [0.25, 0.3) is 0 Å². The Morgan fingerprint density at radius 1 is 0.810 bits per heavy atom. The van der Waals surface area contributed by atoms with Crippen molar-refractivity contribution in [3.8, 4) is 0 Å². The minimum absolute atomic E-state index is 0.0176. The molecule has 1 rings (SSSR count). The molecule has 0 aliphatic carbocycles. The molecule has 0 spiro atoms. The third kappa shape index (κ3) is 4.93. The van der Waals surface area contributed by atoms with Crippen LogP contribution < -0.4 is 0 Å². The molecule has 1 aromatic rings.